The average Bonchev–Trinajstić information content (AvgIpc) is 2.14. The lowest BCUT2D eigenvalue weighted by Gasteiger charge is -2.42. The number of aldehydes is 1. The van der Waals surface area contributed by atoms with Crippen molar-refractivity contribution in [1.29, 1.82) is 0 Å². The second kappa shape index (κ2) is 4.29. The third kappa shape index (κ3) is 2.08. The molecule has 0 aromatic rings. The number of hydrogen-bond acceptors (Lipinski definition) is 1. The van der Waals surface area contributed by atoms with Crippen molar-refractivity contribution < 1.29 is 4.79 Å². The first kappa shape index (κ1) is 11.5. The van der Waals surface area contributed by atoms with Gasteiger partial charge in [-0.1, -0.05) is 39.3 Å². The van der Waals surface area contributed by atoms with Crippen molar-refractivity contribution in [2.75, 3.05) is 0 Å². The van der Waals surface area contributed by atoms with Crippen LogP contribution in [0.2, 0.25) is 0 Å². The maximum Gasteiger partial charge on any atom is 0.120 e. The van der Waals surface area contributed by atoms with Crippen LogP contribution in [0.4, 0.5) is 0 Å². The molecule has 0 unspecified atom stereocenters. The van der Waals surface area contributed by atoms with Crippen LogP contribution in [0, 0.1) is 17.3 Å². The van der Waals surface area contributed by atoms with Crippen LogP contribution in [0.15, 0.2) is 11.6 Å². The maximum absolute atomic E-state index is 10.4. The third-order valence-corrected chi connectivity index (χ3v) is 4.23. The topological polar surface area (TPSA) is 17.1 Å². The molecule has 14 heavy (non-hydrogen) atoms. The van der Waals surface area contributed by atoms with Gasteiger partial charge in [-0.3, -0.25) is 0 Å². The van der Waals surface area contributed by atoms with E-state index < -0.39 is 0 Å². The molecule has 0 heterocycles. The first-order chi connectivity index (χ1) is 6.50. The molecule has 0 spiro atoms. The van der Waals surface area contributed by atoms with Crippen molar-refractivity contribution in [1.82, 2.24) is 0 Å². The van der Waals surface area contributed by atoms with E-state index in [1.165, 1.54) is 12.0 Å². The van der Waals surface area contributed by atoms with Crippen LogP contribution in [0.1, 0.15) is 47.0 Å². The van der Waals surface area contributed by atoms with Gasteiger partial charge in [-0.05, 0) is 30.1 Å². The van der Waals surface area contributed by atoms with E-state index in [2.05, 4.69) is 33.8 Å². The minimum absolute atomic E-state index is 0.382. The van der Waals surface area contributed by atoms with Gasteiger partial charge in [0, 0.05) is 6.42 Å². The Balaban J connectivity index is 2.74. The Hall–Kier alpha value is -0.590. The molecule has 0 aliphatic heterocycles. The van der Waals surface area contributed by atoms with Gasteiger partial charge in [0.25, 0.3) is 0 Å². The fraction of sp³-hybridized carbons (Fsp3) is 0.769. The fourth-order valence-electron chi connectivity index (χ4n) is 2.26. The zero-order chi connectivity index (χ0) is 10.8. The van der Waals surface area contributed by atoms with E-state index in [0.717, 1.165) is 18.6 Å². The highest BCUT2D eigenvalue weighted by Crippen LogP contribution is 2.45. The monoisotopic (exact) mass is 194 g/mol. The predicted molar refractivity (Wildman–Crippen MR) is 60.1 cm³/mol. The van der Waals surface area contributed by atoms with Crippen LogP contribution >= 0.6 is 0 Å². The van der Waals surface area contributed by atoms with Crippen molar-refractivity contribution in [2.24, 2.45) is 17.3 Å². The first-order valence-corrected chi connectivity index (χ1v) is 5.62. The number of carbonyl (C=O) groups excluding carboxylic acids is 1. The quantitative estimate of drug-likeness (QED) is 0.495. The van der Waals surface area contributed by atoms with Crippen LogP contribution in [0.5, 0.6) is 0 Å². The molecule has 0 N–H and O–H groups in total. The molecule has 80 valence electrons. The molecule has 1 aliphatic carbocycles. The highest BCUT2D eigenvalue weighted by atomic mass is 16.1. The SMILES string of the molecule is C[C@@H]1CC=C(CCC=O)[C@H](C)C1(C)C. The van der Waals surface area contributed by atoms with Gasteiger partial charge >= 0.3 is 0 Å². The molecule has 0 radical (unpaired) electrons. The highest BCUT2D eigenvalue weighted by molar-refractivity contribution is 5.50. The van der Waals surface area contributed by atoms with E-state index in [-0.39, 0.29) is 0 Å². The van der Waals surface area contributed by atoms with E-state index in [1.54, 1.807) is 0 Å². The van der Waals surface area contributed by atoms with E-state index in [4.69, 9.17) is 0 Å². The molecule has 0 aromatic carbocycles. The molecule has 2 atom stereocenters. The second-order valence-electron chi connectivity index (χ2n) is 5.16. The lowest BCUT2D eigenvalue weighted by atomic mass is 9.63. The molecule has 1 rings (SSSR count). The van der Waals surface area contributed by atoms with Gasteiger partial charge in [0.05, 0.1) is 0 Å². The number of carbonyl (C=O) groups is 1. The maximum atomic E-state index is 10.4. The Kier molecular flexibility index (Phi) is 3.52. The summed E-state index contributed by atoms with van der Waals surface area (Å²) < 4.78 is 0. The summed E-state index contributed by atoms with van der Waals surface area (Å²) in [6.07, 6.45) is 6.19. The highest BCUT2D eigenvalue weighted by Gasteiger charge is 2.35. The molecule has 0 aromatic heterocycles. The van der Waals surface area contributed by atoms with Crippen LogP contribution in [0.25, 0.3) is 0 Å². The second-order valence-corrected chi connectivity index (χ2v) is 5.16. The molecule has 0 fully saturated rings. The Morgan fingerprint density at radius 1 is 1.50 bits per heavy atom. The molecule has 1 aliphatic rings. The molecular formula is C13H22O. The first-order valence-electron chi connectivity index (χ1n) is 5.62. The van der Waals surface area contributed by atoms with E-state index >= 15 is 0 Å². The van der Waals surface area contributed by atoms with Crippen LogP contribution in [-0.4, -0.2) is 6.29 Å². The standard InChI is InChI=1S/C13H22O/c1-10-7-8-12(6-5-9-14)11(2)13(10,3)4/h8-11H,5-7H2,1-4H3/t10-,11+/m1/s1. The Bertz CT molecular complexity index is 238. The minimum Gasteiger partial charge on any atom is -0.303 e. The van der Waals surface area contributed by atoms with E-state index in [1.807, 2.05) is 0 Å². The van der Waals surface area contributed by atoms with Crippen LogP contribution in [0.3, 0.4) is 0 Å². The van der Waals surface area contributed by atoms with Crippen molar-refractivity contribution in [3.63, 3.8) is 0 Å². The van der Waals surface area contributed by atoms with E-state index in [0.29, 0.717) is 17.8 Å². The fourth-order valence-corrected chi connectivity index (χ4v) is 2.26. The lowest BCUT2D eigenvalue weighted by molar-refractivity contribution is -0.107. The van der Waals surface area contributed by atoms with Crippen LogP contribution < -0.4 is 0 Å². The molecular weight excluding hydrogens is 172 g/mol. The molecule has 1 heteroatoms. The number of rotatable bonds is 3. The van der Waals surface area contributed by atoms with Crippen LogP contribution in [-0.2, 0) is 4.79 Å². The van der Waals surface area contributed by atoms with E-state index in [9.17, 15) is 4.79 Å². The number of hydrogen-bond donors (Lipinski definition) is 0. The summed E-state index contributed by atoms with van der Waals surface area (Å²) in [6.45, 7) is 9.31. The zero-order valence-corrected chi connectivity index (χ0v) is 9.84. The van der Waals surface area contributed by atoms with Gasteiger partial charge < -0.3 is 4.79 Å². The van der Waals surface area contributed by atoms with Gasteiger partial charge in [-0.2, -0.15) is 0 Å². The molecule has 0 saturated carbocycles. The summed E-state index contributed by atoms with van der Waals surface area (Å²) in [6, 6.07) is 0. The van der Waals surface area contributed by atoms with Gasteiger partial charge in [-0.15, -0.1) is 0 Å². The molecule has 0 amide bonds. The van der Waals surface area contributed by atoms with Gasteiger partial charge in [0.1, 0.15) is 6.29 Å². The Morgan fingerprint density at radius 2 is 2.14 bits per heavy atom. The zero-order valence-electron chi connectivity index (χ0n) is 9.84. The van der Waals surface area contributed by atoms with Gasteiger partial charge in [-0.25, -0.2) is 0 Å². The van der Waals surface area contributed by atoms with Gasteiger partial charge in [0.2, 0.25) is 0 Å². The molecule has 0 bridgehead atoms. The predicted octanol–water partition coefficient (Wildman–Crippen LogP) is 3.59. The lowest BCUT2D eigenvalue weighted by Crippen LogP contribution is -2.33. The third-order valence-electron chi connectivity index (χ3n) is 4.23. The minimum atomic E-state index is 0.382. The molecule has 1 nitrogen and oxygen atoms in total. The summed E-state index contributed by atoms with van der Waals surface area (Å²) in [4.78, 5) is 10.4. The van der Waals surface area contributed by atoms with Gasteiger partial charge in [0.15, 0.2) is 0 Å². The molecule has 0 saturated heterocycles. The van der Waals surface area contributed by atoms with Crippen molar-refractivity contribution >= 4 is 6.29 Å². The smallest absolute Gasteiger partial charge is 0.120 e. The average molecular weight is 194 g/mol. The number of allylic oxidation sites excluding steroid dienone is 2. The summed E-state index contributed by atoms with van der Waals surface area (Å²) >= 11 is 0. The van der Waals surface area contributed by atoms with Crippen molar-refractivity contribution in [3.05, 3.63) is 11.6 Å². The Labute approximate surface area is 87.6 Å². The summed E-state index contributed by atoms with van der Waals surface area (Å²) in [5.41, 5.74) is 1.87. The van der Waals surface area contributed by atoms with Crippen molar-refractivity contribution in [2.45, 2.75) is 47.0 Å². The normalized spacial score (nSPS) is 31.0. The summed E-state index contributed by atoms with van der Waals surface area (Å²) in [5, 5.41) is 0. The van der Waals surface area contributed by atoms with Crippen molar-refractivity contribution in [3.8, 4) is 0 Å². The Morgan fingerprint density at radius 3 is 2.71 bits per heavy atom. The summed E-state index contributed by atoms with van der Waals surface area (Å²) in [5.74, 6) is 1.36. The largest absolute Gasteiger partial charge is 0.303 e. The summed E-state index contributed by atoms with van der Waals surface area (Å²) in [7, 11) is 0.